The van der Waals surface area contributed by atoms with Crippen LogP contribution < -0.4 is 10.1 Å². The highest BCUT2D eigenvalue weighted by atomic mass is 16.5. The van der Waals surface area contributed by atoms with E-state index in [9.17, 15) is 0 Å². The fourth-order valence-corrected chi connectivity index (χ4v) is 2.06. The van der Waals surface area contributed by atoms with E-state index in [0.717, 1.165) is 25.4 Å². The second-order valence-corrected chi connectivity index (χ2v) is 4.52. The number of methoxy groups -OCH3 is 1. The van der Waals surface area contributed by atoms with Crippen molar-refractivity contribution >= 4 is 0 Å². The zero-order valence-electron chi connectivity index (χ0n) is 11.8. The van der Waals surface area contributed by atoms with Crippen molar-refractivity contribution in [3.8, 4) is 5.75 Å². The molecule has 1 N–H and O–H groups in total. The largest absolute Gasteiger partial charge is 0.497 e. The molecule has 0 amide bonds. The van der Waals surface area contributed by atoms with Gasteiger partial charge in [0.25, 0.3) is 0 Å². The van der Waals surface area contributed by atoms with Crippen molar-refractivity contribution in [3.05, 3.63) is 47.3 Å². The van der Waals surface area contributed by atoms with Gasteiger partial charge in [0.1, 0.15) is 5.75 Å². The summed E-state index contributed by atoms with van der Waals surface area (Å²) < 4.78 is 7.16. The number of nitrogens with zero attached hydrogens (tertiary/aromatic N) is 2. The average molecular weight is 259 g/mol. The van der Waals surface area contributed by atoms with Crippen LogP contribution in [-0.2, 0) is 19.6 Å². The summed E-state index contributed by atoms with van der Waals surface area (Å²) in [5.41, 5.74) is 3.75. The van der Waals surface area contributed by atoms with Crippen LogP contribution in [-0.4, -0.2) is 16.9 Å². The van der Waals surface area contributed by atoms with Gasteiger partial charge in [0.15, 0.2) is 0 Å². The predicted molar refractivity (Wildman–Crippen MR) is 76.2 cm³/mol. The van der Waals surface area contributed by atoms with Gasteiger partial charge in [0.05, 0.1) is 13.3 Å². The van der Waals surface area contributed by atoms with Crippen LogP contribution in [0.4, 0.5) is 0 Å². The molecule has 2 aromatic rings. The van der Waals surface area contributed by atoms with E-state index < -0.39 is 0 Å². The van der Waals surface area contributed by atoms with E-state index in [1.807, 2.05) is 23.0 Å². The van der Waals surface area contributed by atoms with E-state index in [0.29, 0.717) is 0 Å². The highest BCUT2D eigenvalue weighted by molar-refractivity contribution is 5.27. The van der Waals surface area contributed by atoms with Gasteiger partial charge >= 0.3 is 0 Å². The summed E-state index contributed by atoms with van der Waals surface area (Å²) in [6.07, 6.45) is 1.94. The first-order chi connectivity index (χ1) is 9.24. The molecule has 0 spiro atoms. The summed E-state index contributed by atoms with van der Waals surface area (Å²) in [6, 6.07) is 8.12. The lowest BCUT2D eigenvalue weighted by Gasteiger charge is -2.06. The second-order valence-electron chi connectivity index (χ2n) is 4.52. The lowest BCUT2D eigenvalue weighted by Crippen LogP contribution is -2.13. The molecule has 0 aliphatic rings. The summed E-state index contributed by atoms with van der Waals surface area (Å²) in [6.45, 7) is 6.83. The molecule has 19 heavy (non-hydrogen) atoms. The number of aromatic nitrogens is 2. The fraction of sp³-hybridized carbons (Fsp3) is 0.400. The van der Waals surface area contributed by atoms with Gasteiger partial charge in [0.2, 0.25) is 0 Å². The zero-order chi connectivity index (χ0) is 13.7. The molecule has 1 aromatic heterocycles. The Labute approximate surface area is 114 Å². The molecule has 4 nitrogen and oxygen atoms in total. The SMILES string of the molecule is CCn1ncc(CNCc2ccc(OC)cc2)c1C. The van der Waals surface area contributed by atoms with Gasteiger partial charge in [-0.2, -0.15) is 5.10 Å². The molecule has 0 atom stereocenters. The first-order valence-corrected chi connectivity index (χ1v) is 6.59. The van der Waals surface area contributed by atoms with E-state index in [-0.39, 0.29) is 0 Å². The molecular weight excluding hydrogens is 238 g/mol. The number of hydrogen-bond acceptors (Lipinski definition) is 3. The fourth-order valence-electron chi connectivity index (χ4n) is 2.06. The molecule has 2 rings (SSSR count). The summed E-state index contributed by atoms with van der Waals surface area (Å²) in [5, 5.41) is 7.78. The van der Waals surface area contributed by atoms with E-state index in [1.54, 1.807) is 7.11 Å². The number of nitrogens with one attached hydrogen (secondary N) is 1. The predicted octanol–water partition coefficient (Wildman–Crippen LogP) is 2.51. The molecule has 102 valence electrons. The maximum atomic E-state index is 5.14. The number of aryl methyl sites for hydroxylation is 1. The number of ether oxygens (including phenoxy) is 1. The van der Waals surface area contributed by atoms with Crippen LogP contribution in [0.1, 0.15) is 23.7 Å². The zero-order valence-corrected chi connectivity index (χ0v) is 11.8. The van der Waals surface area contributed by atoms with Gasteiger partial charge < -0.3 is 10.1 Å². The van der Waals surface area contributed by atoms with E-state index in [2.05, 4.69) is 36.4 Å². The molecule has 0 fully saturated rings. The highest BCUT2D eigenvalue weighted by Crippen LogP contribution is 2.11. The molecule has 0 aliphatic carbocycles. The lowest BCUT2D eigenvalue weighted by atomic mass is 10.2. The van der Waals surface area contributed by atoms with Crippen molar-refractivity contribution in [3.63, 3.8) is 0 Å². The normalized spacial score (nSPS) is 10.7. The van der Waals surface area contributed by atoms with E-state index in [4.69, 9.17) is 4.74 Å². The summed E-state index contributed by atoms with van der Waals surface area (Å²) in [5.74, 6) is 0.892. The lowest BCUT2D eigenvalue weighted by molar-refractivity contribution is 0.414. The quantitative estimate of drug-likeness (QED) is 0.866. The Balaban J connectivity index is 1.87. The van der Waals surface area contributed by atoms with Crippen LogP contribution in [0, 0.1) is 6.92 Å². The van der Waals surface area contributed by atoms with Crippen molar-refractivity contribution in [1.82, 2.24) is 15.1 Å². The maximum Gasteiger partial charge on any atom is 0.118 e. The van der Waals surface area contributed by atoms with Crippen molar-refractivity contribution in [2.45, 2.75) is 33.5 Å². The van der Waals surface area contributed by atoms with Crippen molar-refractivity contribution in [2.24, 2.45) is 0 Å². The summed E-state index contributed by atoms with van der Waals surface area (Å²) in [4.78, 5) is 0. The number of benzene rings is 1. The van der Waals surface area contributed by atoms with E-state index >= 15 is 0 Å². The molecule has 0 bridgehead atoms. The van der Waals surface area contributed by atoms with Gasteiger partial charge in [-0.25, -0.2) is 0 Å². The van der Waals surface area contributed by atoms with Crippen LogP contribution in [0.2, 0.25) is 0 Å². The maximum absolute atomic E-state index is 5.14. The second kappa shape index (κ2) is 6.38. The van der Waals surface area contributed by atoms with Crippen LogP contribution in [0.15, 0.2) is 30.5 Å². The number of hydrogen-bond donors (Lipinski definition) is 1. The Hall–Kier alpha value is -1.81. The van der Waals surface area contributed by atoms with Gasteiger partial charge in [-0.3, -0.25) is 4.68 Å². The third-order valence-corrected chi connectivity index (χ3v) is 3.31. The minimum Gasteiger partial charge on any atom is -0.497 e. The Kier molecular flexibility index (Phi) is 4.58. The highest BCUT2D eigenvalue weighted by Gasteiger charge is 2.04. The first kappa shape index (κ1) is 13.6. The minimum absolute atomic E-state index is 0.845. The van der Waals surface area contributed by atoms with Crippen LogP contribution >= 0.6 is 0 Å². The van der Waals surface area contributed by atoms with Gasteiger partial charge in [-0.1, -0.05) is 12.1 Å². The van der Waals surface area contributed by atoms with Gasteiger partial charge in [-0.05, 0) is 31.5 Å². The van der Waals surface area contributed by atoms with Crippen molar-refractivity contribution in [2.75, 3.05) is 7.11 Å². The molecular formula is C15H21N3O. The Morgan fingerprint density at radius 1 is 1.21 bits per heavy atom. The monoisotopic (exact) mass is 259 g/mol. The van der Waals surface area contributed by atoms with E-state index in [1.165, 1.54) is 16.8 Å². The van der Waals surface area contributed by atoms with Crippen molar-refractivity contribution in [1.29, 1.82) is 0 Å². The minimum atomic E-state index is 0.845. The standard InChI is InChI=1S/C15H21N3O/c1-4-18-12(2)14(11-17-18)10-16-9-13-5-7-15(19-3)8-6-13/h5-8,11,16H,4,9-10H2,1-3H3. The van der Waals surface area contributed by atoms with Gasteiger partial charge in [0, 0.05) is 30.9 Å². The average Bonchev–Trinajstić information content (AvgIpc) is 2.80. The third-order valence-electron chi connectivity index (χ3n) is 3.31. The molecule has 0 aliphatic heterocycles. The molecule has 1 heterocycles. The summed E-state index contributed by atoms with van der Waals surface area (Å²) in [7, 11) is 1.68. The molecule has 0 unspecified atom stereocenters. The first-order valence-electron chi connectivity index (χ1n) is 6.59. The molecule has 0 saturated carbocycles. The molecule has 4 heteroatoms. The smallest absolute Gasteiger partial charge is 0.118 e. The summed E-state index contributed by atoms with van der Waals surface area (Å²) >= 11 is 0. The molecule has 0 radical (unpaired) electrons. The third kappa shape index (κ3) is 3.35. The van der Waals surface area contributed by atoms with Crippen molar-refractivity contribution < 1.29 is 4.74 Å². The van der Waals surface area contributed by atoms with Gasteiger partial charge in [-0.15, -0.1) is 0 Å². The van der Waals surface area contributed by atoms with Crippen LogP contribution in [0.3, 0.4) is 0 Å². The Morgan fingerprint density at radius 2 is 1.95 bits per heavy atom. The van der Waals surface area contributed by atoms with Crippen LogP contribution in [0.5, 0.6) is 5.75 Å². The van der Waals surface area contributed by atoms with Crippen LogP contribution in [0.25, 0.3) is 0 Å². The Bertz CT molecular complexity index is 517. The molecule has 1 aromatic carbocycles. The number of rotatable bonds is 6. The Morgan fingerprint density at radius 3 is 2.53 bits per heavy atom. The topological polar surface area (TPSA) is 39.1 Å². The molecule has 0 saturated heterocycles.